The Morgan fingerprint density at radius 3 is 2.64 bits per heavy atom. The number of rotatable bonds is 2. The van der Waals surface area contributed by atoms with Crippen molar-refractivity contribution in [3.63, 3.8) is 0 Å². The predicted molar refractivity (Wildman–Crippen MR) is 53.1 cm³/mol. The van der Waals surface area contributed by atoms with Crippen LogP contribution >= 0.6 is 0 Å². The molecular weight excluding hydrogens is 179 g/mol. The number of aldehydes is 1. The molecule has 0 aromatic heterocycles. The summed E-state index contributed by atoms with van der Waals surface area (Å²) in [5.74, 6) is 5.42. The molecule has 0 fully saturated rings. The molecule has 0 aliphatic heterocycles. The number of benzene rings is 1. The van der Waals surface area contributed by atoms with E-state index in [0.717, 1.165) is 11.8 Å². The number of hydrogen-bond donors (Lipinski definition) is 0. The summed E-state index contributed by atoms with van der Waals surface area (Å²) in [5, 5.41) is 0. The van der Waals surface area contributed by atoms with E-state index in [1.54, 1.807) is 12.1 Å². The summed E-state index contributed by atoms with van der Waals surface area (Å²) in [6, 6.07) is 5.97. The van der Waals surface area contributed by atoms with Crippen LogP contribution in [0.3, 0.4) is 0 Å². The van der Waals surface area contributed by atoms with Crippen molar-refractivity contribution in [2.75, 3.05) is 0 Å². The van der Waals surface area contributed by atoms with Crippen LogP contribution in [0.4, 0.5) is 4.39 Å². The minimum atomic E-state index is -0.267. The highest BCUT2D eigenvalue weighted by Gasteiger charge is 1.94. The predicted octanol–water partition coefficient (Wildman–Crippen LogP) is 2.40. The van der Waals surface area contributed by atoms with Crippen molar-refractivity contribution in [1.82, 2.24) is 0 Å². The highest BCUT2D eigenvalue weighted by molar-refractivity contribution is 5.53. The quantitative estimate of drug-likeness (QED) is 0.517. The van der Waals surface area contributed by atoms with Crippen LogP contribution in [-0.2, 0) is 4.79 Å². The number of halogens is 1. The van der Waals surface area contributed by atoms with Crippen molar-refractivity contribution in [3.05, 3.63) is 35.6 Å². The van der Waals surface area contributed by atoms with Crippen LogP contribution in [0, 0.1) is 23.6 Å². The van der Waals surface area contributed by atoms with E-state index in [9.17, 15) is 9.18 Å². The van der Waals surface area contributed by atoms with Gasteiger partial charge in [0.05, 0.1) is 0 Å². The molecule has 0 N–H and O–H groups in total. The average Bonchev–Trinajstić information content (AvgIpc) is 2.21. The van der Waals surface area contributed by atoms with Gasteiger partial charge in [0, 0.05) is 17.9 Å². The Morgan fingerprint density at radius 1 is 1.43 bits per heavy atom. The summed E-state index contributed by atoms with van der Waals surface area (Å²) >= 11 is 0. The molecule has 72 valence electrons. The van der Waals surface area contributed by atoms with Gasteiger partial charge in [-0.05, 0) is 24.3 Å². The van der Waals surface area contributed by atoms with Crippen LogP contribution in [0.1, 0.15) is 18.9 Å². The molecule has 1 unspecified atom stereocenters. The lowest BCUT2D eigenvalue weighted by Crippen LogP contribution is -1.92. The van der Waals surface area contributed by atoms with Crippen LogP contribution in [0.15, 0.2) is 24.3 Å². The molecule has 1 atom stereocenters. The second-order valence-corrected chi connectivity index (χ2v) is 3.13. The molecule has 0 spiro atoms. The first-order valence-electron chi connectivity index (χ1n) is 4.42. The summed E-state index contributed by atoms with van der Waals surface area (Å²) in [6.07, 6.45) is 1.42. The molecule has 2 heteroatoms. The Hall–Kier alpha value is -1.62. The topological polar surface area (TPSA) is 17.1 Å². The van der Waals surface area contributed by atoms with Gasteiger partial charge in [0.1, 0.15) is 12.1 Å². The molecule has 0 bridgehead atoms. The van der Waals surface area contributed by atoms with Crippen molar-refractivity contribution in [1.29, 1.82) is 0 Å². The SMILES string of the molecule is CC(C=O)CC#Cc1ccc(F)cc1. The Bertz CT molecular complexity index is 356. The van der Waals surface area contributed by atoms with Crippen LogP contribution < -0.4 is 0 Å². The third kappa shape index (κ3) is 3.40. The summed E-state index contributed by atoms with van der Waals surface area (Å²) in [4.78, 5) is 10.3. The molecular formula is C12H11FO. The van der Waals surface area contributed by atoms with E-state index in [0.29, 0.717) is 6.42 Å². The van der Waals surface area contributed by atoms with E-state index in [1.807, 2.05) is 6.92 Å². The Balaban J connectivity index is 2.59. The fraction of sp³-hybridized carbons (Fsp3) is 0.250. The van der Waals surface area contributed by atoms with Gasteiger partial charge in [-0.1, -0.05) is 18.8 Å². The van der Waals surface area contributed by atoms with Crippen LogP contribution in [-0.4, -0.2) is 6.29 Å². The lowest BCUT2D eigenvalue weighted by Gasteiger charge is -1.92. The molecule has 0 radical (unpaired) electrons. The van der Waals surface area contributed by atoms with E-state index in [4.69, 9.17) is 0 Å². The molecule has 1 rings (SSSR count). The molecule has 14 heavy (non-hydrogen) atoms. The second kappa shape index (κ2) is 5.18. The van der Waals surface area contributed by atoms with Crippen LogP contribution in [0.5, 0.6) is 0 Å². The minimum absolute atomic E-state index is 0.0389. The molecule has 0 aliphatic rings. The van der Waals surface area contributed by atoms with Gasteiger partial charge in [-0.15, -0.1) is 0 Å². The zero-order valence-corrected chi connectivity index (χ0v) is 7.96. The molecule has 0 amide bonds. The summed E-state index contributed by atoms with van der Waals surface area (Å²) in [5.41, 5.74) is 0.768. The first kappa shape index (κ1) is 10.5. The maximum absolute atomic E-state index is 12.5. The van der Waals surface area contributed by atoms with E-state index in [1.165, 1.54) is 12.1 Å². The standard InChI is InChI=1S/C12H11FO/c1-10(9-14)3-2-4-11-5-7-12(13)8-6-11/h5-10H,3H2,1H3. The van der Waals surface area contributed by atoms with Gasteiger partial charge in [0.25, 0.3) is 0 Å². The normalized spacial score (nSPS) is 11.3. The van der Waals surface area contributed by atoms with Gasteiger partial charge in [-0.2, -0.15) is 0 Å². The summed E-state index contributed by atoms with van der Waals surface area (Å²) in [7, 11) is 0. The van der Waals surface area contributed by atoms with E-state index in [-0.39, 0.29) is 11.7 Å². The lowest BCUT2D eigenvalue weighted by molar-refractivity contribution is -0.110. The lowest BCUT2D eigenvalue weighted by atomic mass is 10.1. The molecule has 0 aliphatic carbocycles. The van der Waals surface area contributed by atoms with Gasteiger partial charge in [-0.3, -0.25) is 0 Å². The largest absolute Gasteiger partial charge is 0.303 e. The maximum Gasteiger partial charge on any atom is 0.123 e. The van der Waals surface area contributed by atoms with Crippen molar-refractivity contribution in [2.45, 2.75) is 13.3 Å². The van der Waals surface area contributed by atoms with Gasteiger partial charge in [0.15, 0.2) is 0 Å². The molecule has 0 heterocycles. The van der Waals surface area contributed by atoms with Gasteiger partial charge >= 0.3 is 0 Å². The van der Waals surface area contributed by atoms with Gasteiger partial charge in [-0.25, -0.2) is 4.39 Å². The van der Waals surface area contributed by atoms with Gasteiger partial charge < -0.3 is 4.79 Å². The minimum Gasteiger partial charge on any atom is -0.303 e. The zero-order chi connectivity index (χ0) is 10.4. The highest BCUT2D eigenvalue weighted by Crippen LogP contribution is 2.01. The van der Waals surface area contributed by atoms with Crippen molar-refractivity contribution < 1.29 is 9.18 Å². The van der Waals surface area contributed by atoms with E-state index < -0.39 is 0 Å². The van der Waals surface area contributed by atoms with Crippen LogP contribution in [0.25, 0.3) is 0 Å². The fourth-order valence-electron chi connectivity index (χ4n) is 0.895. The van der Waals surface area contributed by atoms with Crippen LogP contribution in [0.2, 0.25) is 0 Å². The number of carbonyl (C=O) groups excluding carboxylic acids is 1. The van der Waals surface area contributed by atoms with Crippen molar-refractivity contribution >= 4 is 6.29 Å². The monoisotopic (exact) mass is 190 g/mol. The average molecular weight is 190 g/mol. The number of carbonyl (C=O) groups is 1. The Morgan fingerprint density at radius 2 is 2.07 bits per heavy atom. The molecule has 1 aromatic rings. The highest BCUT2D eigenvalue weighted by atomic mass is 19.1. The summed E-state index contributed by atoms with van der Waals surface area (Å²) < 4.78 is 12.5. The van der Waals surface area contributed by atoms with Crippen molar-refractivity contribution in [3.8, 4) is 11.8 Å². The summed E-state index contributed by atoms with van der Waals surface area (Å²) in [6.45, 7) is 1.81. The maximum atomic E-state index is 12.5. The molecule has 0 saturated carbocycles. The fourth-order valence-corrected chi connectivity index (χ4v) is 0.895. The smallest absolute Gasteiger partial charge is 0.123 e. The Labute approximate surface area is 82.9 Å². The Kier molecular flexibility index (Phi) is 3.87. The first-order valence-corrected chi connectivity index (χ1v) is 4.42. The zero-order valence-electron chi connectivity index (χ0n) is 7.96. The van der Waals surface area contributed by atoms with E-state index >= 15 is 0 Å². The number of hydrogen-bond acceptors (Lipinski definition) is 1. The molecule has 0 saturated heterocycles. The third-order valence-electron chi connectivity index (χ3n) is 1.73. The molecule has 1 aromatic carbocycles. The van der Waals surface area contributed by atoms with E-state index in [2.05, 4.69) is 11.8 Å². The third-order valence-corrected chi connectivity index (χ3v) is 1.73. The van der Waals surface area contributed by atoms with Gasteiger partial charge in [0.2, 0.25) is 0 Å². The second-order valence-electron chi connectivity index (χ2n) is 3.13. The first-order chi connectivity index (χ1) is 6.72. The van der Waals surface area contributed by atoms with Crippen molar-refractivity contribution in [2.24, 2.45) is 5.92 Å². The molecule has 1 nitrogen and oxygen atoms in total.